The molecule has 0 amide bonds. The number of hydrogen-bond donors (Lipinski definition) is 2. The van der Waals surface area contributed by atoms with Crippen molar-refractivity contribution < 1.29 is 64.3 Å². The Kier molecular flexibility index (Phi) is 4.81. The number of hydrogen-bond acceptors (Lipinski definition) is 2. The van der Waals surface area contributed by atoms with E-state index in [0.717, 1.165) is 18.2 Å². The zero-order valence-electron chi connectivity index (χ0n) is 7.10. The fraction of sp³-hybridized carbons (Fsp3) is 0. The van der Waals surface area contributed by atoms with Gasteiger partial charge in [0.1, 0.15) is 0 Å². The van der Waals surface area contributed by atoms with Crippen molar-refractivity contribution in [3.8, 4) is 0 Å². The van der Waals surface area contributed by atoms with Crippen LogP contribution in [-0.2, 0) is 0 Å². The average molecular weight is 214 g/mol. The molecule has 1 rings (SSSR count). The van der Waals surface area contributed by atoms with Crippen LogP contribution in [0.5, 0.6) is 0 Å². The predicted molar refractivity (Wildman–Crippen MR) is 44.0 cm³/mol. The number of nitrogens with two attached hydrogens (primary N) is 2. The second kappa shape index (κ2) is 4.70. The van der Waals surface area contributed by atoms with Crippen molar-refractivity contribution >= 4 is 23.8 Å². The molecule has 2 nitrogen and oxygen atoms in total. The van der Waals surface area contributed by atoms with E-state index in [0.29, 0.717) is 0 Å². The number of anilines is 2. The summed E-state index contributed by atoms with van der Waals surface area (Å²) in [6, 6.07) is 2.92. The molecule has 0 aliphatic heterocycles. The second-order valence-electron chi connectivity index (χ2n) is 2.46. The van der Waals surface area contributed by atoms with Gasteiger partial charge < -0.3 is 24.4 Å². The molecule has 0 unspecified atom stereocenters. The smallest absolute Gasteiger partial charge is 0.445 e. The van der Waals surface area contributed by atoms with Crippen molar-refractivity contribution in [2.45, 2.75) is 0 Å². The van der Waals surface area contributed by atoms with Crippen molar-refractivity contribution in [1.29, 1.82) is 0 Å². The molecule has 4 N–H and O–H groups in total. The third kappa shape index (κ3) is 3.51. The average Bonchev–Trinajstić information content (AvgIpc) is 1.92. The van der Waals surface area contributed by atoms with Gasteiger partial charge in [0.15, 0.2) is 0 Å². The fourth-order valence-corrected chi connectivity index (χ4v) is 0.797. The largest absolute Gasteiger partial charge is 1.00 e. The molecule has 0 fully saturated rings. The number of benzene rings is 1. The summed E-state index contributed by atoms with van der Waals surface area (Å²) >= 11 is 0. The zero-order valence-corrected chi connectivity index (χ0v) is 10.2. The Bertz CT molecular complexity index is 302. The molecule has 0 saturated carbocycles. The minimum atomic E-state index is -4.97. The Hall–Kier alpha value is 0.311. The zero-order chi connectivity index (χ0) is 9.35. The normalized spacial score (nSPS) is 10.7. The summed E-state index contributed by atoms with van der Waals surface area (Å²) in [4.78, 5) is 0. The monoisotopic (exact) mass is 214 g/mol. The van der Waals surface area contributed by atoms with E-state index in [1.807, 2.05) is 0 Å². The van der Waals surface area contributed by atoms with Crippen LogP contribution < -0.4 is 68.3 Å². The van der Waals surface area contributed by atoms with Crippen molar-refractivity contribution in [3.05, 3.63) is 18.2 Å². The van der Waals surface area contributed by atoms with Crippen molar-refractivity contribution in [3.63, 3.8) is 0 Å². The van der Waals surface area contributed by atoms with Crippen LogP contribution in [-0.4, -0.2) is 6.98 Å². The van der Waals surface area contributed by atoms with Crippen LogP contribution in [0.1, 0.15) is 0 Å². The molecule has 0 spiro atoms. The Morgan fingerprint density at radius 2 is 1.54 bits per heavy atom. The van der Waals surface area contributed by atoms with E-state index in [1.54, 1.807) is 0 Å². The van der Waals surface area contributed by atoms with Crippen LogP contribution >= 0.6 is 0 Å². The minimum absolute atomic E-state index is 0. The van der Waals surface area contributed by atoms with Crippen molar-refractivity contribution in [2.75, 3.05) is 11.5 Å². The molecule has 0 bridgehead atoms. The summed E-state index contributed by atoms with van der Waals surface area (Å²) in [5.41, 5.74) is 9.86. The molecule has 0 atom stereocenters. The SMILES string of the molecule is Nc1ccc([B-](F)(F)F)cc1N.[K+]. The molecule has 7 heteroatoms. The first kappa shape index (κ1) is 13.3. The van der Waals surface area contributed by atoms with E-state index in [4.69, 9.17) is 11.5 Å². The Balaban J connectivity index is 0.00000144. The molecule has 0 saturated heterocycles. The summed E-state index contributed by atoms with van der Waals surface area (Å²) in [5.74, 6) is 0. The summed E-state index contributed by atoms with van der Waals surface area (Å²) in [6.45, 7) is -4.97. The van der Waals surface area contributed by atoms with Gasteiger partial charge in [0.05, 0.1) is 11.4 Å². The molecule has 13 heavy (non-hydrogen) atoms. The van der Waals surface area contributed by atoms with Crippen molar-refractivity contribution in [1.82, 2.24) is 0 Å². The quantitative estimate of drug-likeness (QED) is 0.416. The van der Waals surface area contributed by atoms with Gasteiger partial charge in [-0.3, -0.25) is 0 Å². The Morgan fingerprint density at radius 1 is 1.00 bits per heavy atom. The maximum absolute atomic E-state index is 12.1. The van der Waals surface area contributed by atoms with E-state index in [9.17, 15) is 12.9 Å². The standard InChI is InChI=1S/C6H7BF3N2.K/c8-7(9,10)4-1-2-5(11)6(12)3-4;/h1-3H,11-12H2;/q-1;+1. The summed E-state index contributed by atoms with van der Waals surface area (Å²) in [7, 11) is 0. The number of nitrogen functional groups attached to an aromatic ring is 2. The van der Waals surface area contributed by atoms with Gasteiger partial charge in [-0.25, -0.2) is 0 Å². The summed E-state index contributed by atoms with van der Waals surface area (Å²) in [6.07, 6.45) is 0. The maximum Gasteiger partial charge on any atom is 1.00 e. The van der Waals surface area contributed by atoms with Crippen LogP contribution in [0, 0.1) is 0 Å². The Morgan fingerprint density at radius 3 is 1.92 bits per heavy atom. The third-order valence-electron chi connectivity index (χ3n) is 1.49. The van der Waals surface area contributed by atoms with Crippen molar-refractivity contribution in [2.24, 2.45) is 0 Å². The molecule has 66 valence electrons. The van der Waals surface area contributed by atoms with E-state index < -0.39 is 12.4 Å². The van der Waals surface area contributed by atoms with E-state index in [1.165, 1.54) is 0 Å². The molecule has 1 aromatic carbocycles. The van der Waals surface area contributed by atoms with Crippen LogP contribution in [0.2, 0.25) is 0 Å². The molecule has 0 aromatic heterocycles. The van der Waals surface area contributed by atoms with Crippen LogP contribution in [0.15, 0.2) is 18.2 Å². The predicted octanol–water partition coefficient (Wildman–Crippen LogP) is -2.09. The topological polar surface area (TPSA) is 52.0 Å². The van der Waals surface area contributed by atoms with Crippen LogP contribution in [0.4, 0.5) is 24.3 Å². The number of halogens is 3. The van der Waals surface area contributed by atoms with Gasteiger partial charge in [0, 0.05) is 0 Å². The molecule has 0 aliphatic rings. The van der Waals surface area contributed by atoms with Crippen LogP contribution in [0.25, 0.3) is 0 Å². The van der Waals surface area contributed by atoms with Gasteiger partial charge in [0.2, 0.25) is 0 Å². The molecular formula is C6H7BF3KN2. The maximum atomic E-state index is 12.1. The van der Waals surface area contributed by atoms with E-state index in [-0.39, 0.29) is 62.8 Å². The summed E-state index contributed by atoms with van der Waals surface area (Å²) in [5, 5.41) is 0. The van der Waals surface area contributed by atoms with Gasteiger partial charge in [-0.1, -0.05) is 12.1 Å². The second-order valence-corrected chi connectivity index (χ2v) is 2.46. The molecular weight excluding hydrogens is 207 g/mol. The van der Waals surface area contributed by atoms with Gasteiger partial charge >= 0.3 is 58.4 Å². The first-order chi connectivity index (χ1) is 5.41. The molecule has 0 radical (unpaired) electrons. The summed E-state index contributed by atoms with van der Waals surface area (Å²) < 4.78 is 36.2. The molecule has 0 aliphatic carbocycles. The first-order valence-corrected chi connectivity index (χ1v) is 3.26. The van der Waals surface area contributed by atoms with Gasteiger partial charge in [0.25, 0.3) is 0 Å². The third-order valence-corrected chi connectivity index (χ3v) is 1.49. The first-order valence-electron chi connectivity index (χ1n) is 3.26. The molecule has 0 heterocycles. The van der Waals surface area contributed by atoms with Gasteiger partial charge in [-0.2, -0.15) is 0 Å². The molecule has 1 aromatic rings. The van der Waals surface area contributed by atoms with E-state index in [2.05, 4.69) is 0 Å². The van der Waals surface area contributed by atoms with Crippen LogP contribution in [0.3, 0.4) is 0 Å². The van der Waals surface area contributed by atoms with E-state index >= 15 is 0 Å². The van der Waals surface area contributed by atoms with Gasteiger partial charge in [-0.15, -0.1) is 5.46 Å². The van der Waals surface area contributed by atoms with Gasteiger partial charge in [-0.05, 0) is 6.07 Å². The number of rotatable bonds is 1. The fourth-order valence-electron chi connectivity index (χ4n) is 0.797. The minimum Gasteiger partial charge on any atom is -0.445 e. The Labute approximate surface area is 116 Å².